The van der Waals surface area contributed by atoms with E-state index in [0.29, 0.717) is 10.9 Å². The fourth-order valence-electron chi connectivity index (χ4n) is 2.98. The molecule has 0 saturated heterocycles. The maximum Gasteiger partial charge on any atom is 0.335 e. The van der Waals surface area contributed by atoms with Crippen LogP contribution in [0.4, 0.5) is 17.3 Å². The van der Waals surface area contributed by atoms with Crippen molar-refractivity contribution in [3.8, 4) is 0 Å². The van der Waals surface area contributed by atoms with Gasteiger partial charge in [0, 0.05) is 16.8 Å². The molecule has 0 atom stereocenters. The summed E-state index contributed by atoms with van der Waals surface area (Å²) in [7, 11) is 0. The highest BCUT2D eigenvalue weighted by molar-refractivity contribution is 6.10. The summed E-state index contributed by atoms with van der Waals surface area (Å²) in [6.45, 7) is 0. The van der Waals surface area contributed by atoms with E-state index in [1.54, 1.807) is 18.2 Å². The number of aromatic amines is 1. The van der Waals surface area contributed by atoms with Crippen molar-refractivity contribution in [2.24, 2.45) is 0 Å². The van der Waals surface area contributed by atoms with Gasteiger partial charge in [0.15, 0.2) is 0 Å². The number of anilines is 3. The van der Waals surface area contributed by atoms with E-state index in [1.807, 2.05) is 24.3 Å². The number of nitrogens with one attached hydrogen (secondary N) is 2. The molecule has 0 fully saturated rings. The van der Waals surface area contributed by atoms with Crippen LogP contribution in [0.15, 0.2) is 59.4 Å². The van der Waals surface area contributed by atoms with E-state index in [0.717, 1.165) is 22.1 Å². The molecule has 3 aromatic carbocycles. The highest BCUT2D eigenvalue weighted by atomic mass is 16.4. The molecule has 0 saturated carbocycles. The third-order valence-electron chi connectivity index (χ3n) is 4.16. The van der Waals surface area contributed by atoms with Gasteiger partial charge in [0.05, 0.1) is 16.5 Å². The van der Waals surface area contributed by atoms with Gasteiger partial charge in [0.1, 0.15) is 0 Å². The molecule has 0 radical (unpaired) electrons. The highest BCUT2D eigenvalue weighted by Gasteiger charge is 2.10. The second-order valence-corrected chi connectivity index (χ2v) is 5.82. The SMILES string of the molecule is Nc1nc2ccc3c(Nc4ccc(C(=O)O)cc4)cccc3c2c(=O)[nH]1. The third-order valence-corrected chi connectivity index (χ3v) is 4.16. The van der Waals surface area contributed by atoms with Crippen LogP contribution in [-0.2, 0) is 0 Å². The van der Waals surface area contributed by atoms with Gasteiger partial charge >= 0.3 is 5.97 Å². The Labute approximate surface area is 147 Å². The smallest absolute Gasteiger partial charge is 0.335 e. The molecule has 5 N–H and O–H groups in total. The highest BCUT2D eigenvalue weighted by Crippen LogP contribution is 2.30. The number of carboxylic acid groups (broad SMARTS) is 1. The van der Waals surface area contributed by atoms with Crippen molar-refractivity contribution in [1.29, 1.82) is 0 Å². The molecular weight excluding hydrogens is 332 g/mol. The summed E-state index contributed by atoms with van der Waals surface area (Å²) in [4.78, 5) is 30.0. The Balaban J connectivity index is 1.84. The minimum Gasteiger partial charge on any atom is -0.478 e. The van der Waals surface area contributed by atoms with E-state index in [2.05, 4.69) is 15.3 Å². The van der Waals surface area contributed by atoms with Crippen molar-refractivity contribution in [3.63, 3.8) is 0 Å². The van der Waals surface area contributed by atoms with Crippen molar-refractivity contribution in [2.45, 2.75) is 0 Å². The molecule has 1 heterocycles. The zero-order valence-electron chi connectivity index (χ0n) is 13.5. The first-order valence-corrected chi connectivity index (χ1v) is 7.84. The summed E-state index contributed by atoms with van der Waals surface area (Å²) >= 11 is 0. The molecule has 4 rings (SSSR count). The van der Waals surface area contributed by atoms with Crippen LogP contribution < -0.4 is 16.6 Å². The number of H-pyrrole nitrogens is 1. The number of benzene rings is 3. The van der Waals surface area contributed by atoms with Crippen molar-refractivity contribution in [1.82, 2.24) is 9.97 Å². The predicted molar refractivity (Wildman–Crippen MR) is 101 cm³/mol. The molecule has 0 aliphatic carbocycles. The van der Waals surface area contributed by atoms with Gasteiger partial charge in [-0.25, -0.2) is 9.78 Å². The molecule has 7 nitrogen and oxygen atoms in total. The van der Waals surface area contributed by atoms with Gasteiger partial charge in [-0.2, -0.15) is 0 Å². The van der Waals surface area contributed by atoms with Crippen molar-refractivity contribution >= 4 is 45.0 Å². The summed E-state index contributed by atoms with van der Waals surface area (Å²) in [5.41, 5.74) is 7.61. The largest absolute Gasteiger partial charge is 0.478 e. The van der Waals surface area contributed by atoms with Crippen LogP contribution in [0.25, 0.3) is 21.7 Å². The maximum absolute atomic E-state index is 12.3. The van der Waals surface area contributed by atoms with Crippen LogP contribution >= 0.6 is 0 Å². The van der Waals surface area contributed by atoms with E-state index in [-0.39, 0.29) is 17.1 Å². The number of hydrogen-bond acceptors (Lipinski definition) is 5. The lowest BCUT2D eigenvalue weighted by Gasteiger charge is -2.11. The Hall–Kier alpha value is -3.87. The average molecular weight is 346 g/mol. The molecule has 7 heteroatoms. The third kappa shape index (κ3) is 2.61. The lowest BCUT2D eigenvalue weighted by Crippen LogP contribution is -2.11. The maximum atomic E-state index is 12.3. The van der Waals surface area contributed by atoms with Gasteiger partial charge in [0.25, 0.3) is 5.56 Å². The summed E-state index contributed by atoms with van der Waals surface area (Å²) in [6.07, 6.45) is 0. The van der Waals surface area contributed by atoms with E-state index in [4.69, 9.17) is 10.8 Å². The van der Waals surface area contributed by atoms with Crippen molar-refractivity contribution < 1.29 is 9.90 Å². The van der Waals surface area contributed by atoms with Crippen LogP contribution in [0.5, 0.6) is 0 Å². The molecule has 128 valence electrons. The van der Waals surface area contributed by atoms with Crippen molar-refractivity contribution in [2.75, 3.05) is 11.1 Å². The number of fused-ring (bicyclic) bond motifs is 3. The lowest BCUT2D eigenvalue weighted by molar-refractivity contribution is 0.0697. The van der Waals surface area contributed by atoms with Gasteiger partial charge < -0.3 is 16.2 Å². The van der Waals surface area contributed by atoms with Crippen LogP contribution in [0.1, 0.15) is 10.4 Å². The quantitative estimate of drug-likeness (QED) is 0.423. The Bertz CT molecular complexity index is 1210. The van der Waals surface area contributed by atoms with E-state index in [1.165, 1.54) is 12.1 Å². The lowest BCUT2D eigenvalue weighted by atomic mass is 10.0. The Morgan fingerprint density at radius 2 is 1.81 bits per heavy atom. The zero-order valence-corrected chi connectivity index (χ0v) is 13.5. The standard InChI is InChI=1S/C19H14N4O3/c20-19-22-15-9-8-12-13(16(15)17(24)23-19)2-1-3-14(12)21-11-6-4-10(5-7-11)18(25)26/h1-9,21H,(H,25,26)(H3,20,22,23,24). The molecule has 1 aromatic heterocycles. The normalized spacial score (nSPS) is 10.9. The Morgan fingerprint density at radius 1 is 1.04 bits per heavy atom. The molecule has 0 bridgehead atoms. The van der Waals surface area contributed by atoms with Gasteiger partial charge in [0.2, 0.25) is 5.95 Å². The minimum atomic E-state index is -0.973. The predicted octanol–water partition coefficient (Wildman–Crippen LogP) is 3.10. The summed E-state index contributed by atoms with van der Waals surface area (Å²) in [5.74, 6) is -0.895. The van der Waals surface area contributed by atoms with Crippen LogP contribution in [0.3, 0.4) is 0 Å². The molecule has 0 unspecified atom stereocenters. The van der Waals surface area contributed by atoms with E-state index >= 15 is 0 Å². The average Bonchev–Trinajstić information content (AvgIpc) is 2.61. The van der Waals surface area contributed by atoms with Crippen molar-refractivity contribution in [3.05, 3.63) is 70.5 Å². The number of aromatic nitrogens is 2. The molecule has 0 aliphatic rings. The molecule has 26 heavy (non-hydrogen) atoms. The number of carboxylic acids is 1. The number of rotatable bonds is 3. The van der Waals surface area contributed by atoms with E-state index < -0.39 is 5.97 Å². The second kappa shape index (κ2) is 5.89. The number of nitrogens with two attached hydrogens (primary N) is 1. The first kappa shape index (κ1) is 15.6. The minimum absolute atomic E-state index is 0.0784. The first-order chi connectivity index (χ1) is 12.5. The Morgan fingerprint density at radius 3 is 2.54 bits per heavy atom. The number of nitrogen functional groups attached to an aromatic ring is 1. The van der Waals surface area contributed by atoms with Gasteiger partial charge in [-0.15, -0.1) is 0 Å². The number of aromatic carboxylic acids is 1. The van der Waals surface area contributed by atoms with Crippen LogP contribution in [0, 0.1) is 0 Å². The zero-order chi connectivity index (χ0) is 18.3. The fourth-order valence-corrected chi connectivity index (χ4v) is 2.98. The number of hydrogen-bond donors (Lipinski definition) is 4. The van der Waals surface area contributed by atoms with Crippen LogP contribution in [0.2, 0.25) is 0 Å². The van der Waals surface area contributed by atoms with E-state index in [9.17, 15) is 9.59 Å². The number of nitrogens with zero attached hydrogens (tertiary/aromatic N) is 1. The molecule has 0 amide bonds. The first-order valence-electron chi connectivity index (χ1n) is 7.84. The fraction of sp³-hybridized carbons (Fsp3) is 0. The van der Waals surface area contributed by atoms with Gasteiger partial charge in [-0.1, -0.05) is 18.2 Å². The molecule has 0 spiro atoms. The molecule has 0 aliphatic heterocycles. The second-order valence-electron chi connectivity index (χ2n) is 5.82. The number of carbonyl (C=O) groups is 1. The summed E-state index contributed by atoms with van der Waals surface area (Å²) in [5, 5.41) is 14.3. The molecule has 4 aromatic rings. The summed E-state index contributed by atoms with van der Waals surface area (Å²) < 4.78 is 0. The summed E-state index contributed by atoms with van der Waals surface area (Å²) in [6, 6.07) is 15.6. The monoisotopic (exact) mass is 346 g/mol. The molecular formula is C19H14N4O3. The van der Waals surface area contributed by atoms with Gasteiger partial charge in [-0.3, -0.25) is 9.78 Å². The van der Waals surface area contributed by atoms with Crippen LogP contribution in [-0.4, -0.2) is 21.0 Å². The van der Waals surface area contributed by atoms with Gasteiger partial charge in [-0.05, 0) is 41.8 Å². The topological polar surface area (TPSA) is 121 Å². The Kier molecular flexibility index (Phi) is 3.54.